The molecule has 0 radical (unpaired) electrons. The molecule has 2 aromatic carbocycles. The van der Waals surface area contributed by atoms with Crippen LogP contribution in [0.15, 0.2) is 60.8 Å². The third-order valence-electron chi connectivity index (χ3n) is 6.63. The number of rotatable bonds is 11. The molecular weight excluding hydrogens is 524 g/mol. The fourth-order valence-corrected chi connectivity index (χ4v) is 4.49. The standard InChI is InChI=1S/C31H40N4O6/c1-30(2,3)41-29(40)34-31(4,5)28(39)33-25(17-21-18-32-24-15-11-10-14-23(21)24)26(36)35(6)19-22(27(37)38)16-20-12-8-7-9-13-20/h7-15,18,22,25,32H,16-17,19H2,1-6H3,(H,33,39)(H,34,40)(H,37,38). The van der Waals surface area contributed by atoms with Gasteiger partial charge in [-0.05, 0) is 58.2 Å². The molecule has 10 nitrogen and oxygen atoms in total. The van der Waals surface area contributed by atoms with E-state index in [0.29, 0.717) is 0 Å². The van der Waals surface area contributed by atoms with Gasteiger partial charge in [0, 0.05) is 37.1 Å². The van der Waals surface area contributed by atoms with E-state index in [2.05, 4.69) is 15.6 Å². The predicted octanol–water partition coefficient (Wildman–Crippen LogP) is 3.90. The molecule has 0 saturated carbocycles. The van der Waals surface area contributed by atoms with Crippen molar-refractivity contribution in [1.29, 1.82) is 0 Å². The number of hydrogen-bond donors (Lipinski definition) is 4. The quantitative estimate of drug-likeness (QED) is 0.278. The van der Waals surface area contributed by atoms with E-state index in [1.807, 2.05) is 54.6 Å². The van der Waals surface area contributed by atoms with Gasteiger partial charge in [0.05, 0.1) is 5.92 Å². The van der Waals surface area contributed by atoms with Crippen molar-refractivity contribution in [1.82, 2.24) is 20.5 Å². The number of benzene rings is 2. The van der Waals surface area contributed by atoms with Gasteiger partial charge in [-0.15, -0.1) is 0 Å². The molecule has 4 N–H and O–H groups in total. The zero-order valence-corrected chi connectivity index (χ0v) is 24.5. The van der Waals surface area contributed by atoms with Crippen molar-refractivity contribution in [3.63, 3.8) is 0 Å². The van der Waals surface area contributed by atoms with Crippen LogP contribution in [0, 0.1) is 5.92 Å². The molecule has 3 rings (SSSR count). The maximum Gasteiger partial charge on any atom is 0.408 e. The Kier molecular flexibility index (Phi) is 9.80. The monoisotopic (exact) mass is 564 g/mol. The lowest BCUT2D eigenvalue weighted by Gasteiger charge is -2.31. The molecule has 41 heavy (non-hydrogen) atoms. The van der Waals surface area contributed by atoms with E-state index in [1.54, 1.807) is 27.0 Å². The molecule has 220 valence electrons. The zero-order chi connectivity index (χ0) is 30.4. The molecule has 3 amide bonds. The summed E-state index contributed by atoms with van der Waals surface area (Å²) in [7, 11) is 1.53. The lowest BCUT2D eigenvalue weighted by Crippen LogP contribution is -2.60. The number of fused-ring (bicyclic) bond motifs is 1. The minimum Gasteiger partial charge on any atom is -0.481 e. The Morgan fingerprint density at radius 2 is 1.59 bits per heavy atom. The van der Waals surface area contributed by atoms with Gasteiger partial charge in [-0.3, -0.25) is 14.4 Å². The Bertz CT molecular complexity index is 1380. The molecule has 0 aliphatic carbocycles. The van der Waals surface area contributed by atoms with Gasteiger partial charge in [0.1, 0.15) is 17.2 Å². The number of amides is 3. The average molecular weight is 565 g/mol. The van der Waals surface area contributed by atoms with Gasteiger partial charge < -0.3 is 30.4 Å². The number of likely N-dealkylation sites (N-methyl/N-ethyl adjacent to an activating group) is 1. The van der Waals surface area contributed by atoms with Crippen LogP contribution in [0.1, 0.15) is 45.7 Å². The summed E-state index contributed by atoms with van der Waals surface area (Å²) in [4.78, 5) is 56.2. The number of nitrogens with zero attached hydrogens (tertiary/aromatic N) is 1. The number of aromatic amines is 1. The van der Waals surface area contributed by atoms with E-state index in [4.69, 9.17) is 4.74 Å². The van der Waals surface area contributed by atoms with E-state index in [1.165, 1.54) is 25.8 Å². The summed E-state index contributed by atoms with van der Waals surface area (Å²) in [6.07, 6.45) is 1.42. The number of aliphatic carboxylic acids is 1. The second kappa shape index (κ2) is 12.9. The fraction of sp³-hybridized carbons (Fsp3) is 0.419. The zero-order valence-electron chi connectivity index (χ0n) is 24.5. The van der Waals surface area contributed by atoms with E-state index >= 15 is 0 Å². The summed E-state index contributed by atoms with van der Waals surface area (Å²) in [6, 6.07) is 15.8. The highest BCUT2D eigenvalue weighted by Gasteiger charge is 2.36. The Morgan fingerprint density at radius 1 is 0.951 bits per heavy atom. The van der Waals surface area contributed by atoms with Gasteiger partial charge in [-0.25, -0.2) is 4.79 Å². The van der Waals surface area contributed by atoms with E-state index < -0.39 is 47.0 Å². The average Bonchev–Trinajstić information content (AvgIpc) is 3.29. The number of carboxylic acids is 1. The fourth-order valence-electron chi connectivity index (χ4n) is 4.49. The van der Waals surface area contributed by atoms with Gasteiger partial charge in [-0.1, -0.05) is 48.5 Å². The van der Waals surface area contributed by atoms with Crippen LogP contribution in [-0.4, -0.2) is 69.6 Å². The Balaban J connectivity index is 1.83. The first kappa shape index (κ1) is 31.2. The number of carboxylic acid groups (broad SMARTS) is 1. The van der Waals surface area contributed by atoms with Crippen molar-refractivity contribution in [2.24, 2.45) is 5.92 Å². The minimum atomic E-state index is -1.41. The number of hydrogen-bond acceptors (Lipinski definition) is 5. The van der Waals surface area contributed by atoms with E-state index in [9.17, 15) is 24.3 Å². The Hall–Kier alpha value is -4.34. The first-order valence-corrected chi connectivity index (χ1v) is 13.5. The first-order chi connectivity index (χ1) is 19.2. The second-order valence-corrected chi connectivity index (χ2v) is 11.8. The summed E-state index contributed by atoms with van der Waals surface area (Å²) in [5.41, 5.74) is 0.377. The Labute approximate surface area is 240 Å². The van der Waals surface area contributed by atoms with Crippen LogP contribution in [-0.2, 0) is 32.0 Å². The number of para-hydroxylation sites is 1. The normalized spacial score (nSPS) is 13.2. The first-order valence-electron chi connectivity index (χ1n) is 13.5. The molecule has 0 fully saturated rings. The van der Waals surface area contributed by atoms with E-state index in [0.717, 1.165) is 22.0 Å². The van der Waals surface area contributed by atoms with Crippen LogP contribution >= 0.6 is 0 Å². The number of nitrogens with one attached hydrogen (secondary N) is 3. The third-order valence-corrected chi connectivity index (χ3v) is 6.63. The van der Waals surface area contributed by atoms with Crippen molar-refractivity contribution in [2.75, 3.05) is 13.6 Å². The maximum atomic E-state index is 13.8. The SMILES string of the molecule is CN(CC(Cc1ccccc1)C(=O)O)C(=O)C(Cc1c[nH]c2ccccc12)NC(=O)C(C)(C)NC(=O)OC(C)(C)C. The van der Waals surface area contributed by atoms with Crippen LogP contribution in [0.3, 0.4) is 0 Å². The van der Waals surface area contributed by atoms with Crippen molar-refractivity contribution in [3.8, 4) is 0 Å². The number of aromatic nitrogens is 1. The molecule has 1 aromatic heterocycles. The van der Waals surface area contributed by atoms with Crippen molar-refractivity contribution < 1.29 is 29.0 Å². The summed E-state index contributed by atoms with van der Waals surface area (Å²) < 4.78 is 5.30. The number of ether oxygens (including phenoxy) is 1. The molecular formula is C31H40N4O6. The Morgan fingerprint density at radius 3 is 2.22 bits per heavy atom. The number of H-pyrrole nitrogens is 1. The third kappa shape index (κ3) is 8.83. The molecule has 0 saturated heterocycles. The van der Waals surface area contributed by atoms with Gasteiger partial charge >= 0.3 is 12.1 Å². The highest BCUT2D eigenvalue weighted by atomic mass is 16.6. The van der Waals surface area contributed by atoms with E-state index in [-0.39, 0.29) is 19.4 Å². The maximum absolute atomic E-state index is 13.8. The lowest BCUT2D eigenvalue weighted by molar-refractivity contribution is -0.144. The summed E-state index contributed by atoms with van der Waals surface area (Å²) >= 11 is 0. The number of carbonyl (C=O) groups is 4. The van der Waals surface area contributed by atoms with Gasteiger partial charge in [0.15, 0.2) is 0 Å². The minimum absolute atomic E-state index is 0.0527. The molecule has 2 atom stereocenters. The van der Waals surface area contributed by atoms with Crippen molar-refractivity contribution in [2.45, 2.75) is 64.6 Å². The number of carbonyl (C=O) groups excluding carboxylic acids is 3. The van der Waals surface area contributed by atoms with Gasteiger partial charge in [-0.2, -0.15) is 0 Å². The van der Waals surface area contributed by atoms with Gasteiger partial charge in [0.25, 0.3) is 0 Å². The van der Waals surface area contributed by atoms with Crippen LogP contribution in [0.4, 0.5) is 4.79 Å². The number of alkyl carbamates (subject to hydrolysis) is 1. The van der Waals surface area contributed by atoms with Crippen LogP contribution in [0.25, 0.3) is 10.9 Å². The molecule has 10 heteroatoms. The molecule has 1 heterocycles. The van der Waals surface area contributed by atoms with Crippen LogP contribution in [0.2, 0.25) is 0 Å². The van der Waals surface area contributed by atoms with Gasteiger partial charge in [0.2, 0.25) is 11.8 Å². The molecule has 0 aliphatic rings. The molecule has 0 aliphatic heterocycles. The molecule has 0 bridgehead atoms. The van der Waals surface area contributed by atoms with Crippen molar-refractivity contribution >= 4 is 34.8 Å². The molecule has 3 aromatic rings. The van der Waals surface area contributed by atoms with Crippen LogP contribution in [0.5, 0.6) is 0 Å². The largest absolute Gasteiger partial charge is 0.481 e. The van der Waals surface area contributed by atoms with Crippen molar-refractivity contribution in [3.05, 3.63) is 71.9 Å². The smallest absolute Gasteiger partial charge is 0.408 e. The van der Waals surface area contributed by atoms with Crippen LogP contribution < -0.4 is 10.6 Å². The topological polar surface area (TPSA) is 141 Å². The second-order valence-electron chi connectivity index (χ2n) is 11.8. The lowest BCUT2D eigenvalue weighted by atomic mass is 9.97. The molecule has 0 spiro atoms. The predicted molar refractivity (Wildman–Crippen MR) is 156 cm³/mol. The molecule has 2 unspecified atom stereocenters. The highest BCUT2D eigenvalue weighted by molar-refractivity contribution is 5.94. The summed E-state index contributed by atoms with van der Waals surface area (Å²) in [5, 5.41) is 16.2. The summed E-state index contributed by atoms with van der Waals surface area (Å²) in [6.45, 7) is 8.13. The summed E-state index contributed by atoms with van der Waals surface area (Å²) in [5.74, 6) is -2.90. The highest BCUT2D eigenvalue weighted by Crippen LogP contribution is 2.21.